The van der Waals surface area contributed by atoms with Gasteiger partial charge in [0.05, 0.1) is 0 Å². The molecule has 0 saturated heterocycles. The third kappa shape index (κ3) is 4.28. The second kappa shape index (κ2) is 6.36. The van der Waals surface area contributed by atoms with E-state index < -0.39 is 0 Å². The summed E-state index contributed by atoms with van der Waals surface area (Å²) in [6.45, 7) is 4.77. The molecule has 17 heavy (non-hydrogen) atoms. The average molecular weight is 242 g/mol. The van der Waals surface area contributed by atoms with Gasteiger partial charge >= 0.3 is 0 Å². The lowest BCUT2D eigenvalue weighted by molar-refractivity contribution is -0.134. The number of aliphatic hydroxyl groups is 1. The molecule has 0 atom stereocenters. The van der Waals surface area contributed by atoms with Crippen LogP contribution in [0.2, 0.25) is 0 Å². The van der Waals surface area contributed by atoms with Crippen LogP contribution in [0.1, 0.15) is 52.4 Å². The third-order valence-electron chi connectivity index (χ3n) is 3.60. The molecular weight excluding hydrogens is 216 g/mol. The summed E-state index contributed by atoms with van der Waals surface area (Å²) in [4.78, 5) is 14.1. The predicted molar refractivity (Wildman–Crippen MR) is 68.6 cm³/mol. The molecule has 3 N–H and O–H groups in total. The van der Waals surface area contributed by atoms with Crippen molar-refractivity contribution in [3.63, 3.8) is 0 Å². The van der Waals surface area contributed by atoms with Crippen molar-refractivity contribution in [2.24, 2.45) is 5.73 Å². The van der Waals surface area contributed by atoms with Crippen LogP contribution in [0, 0.1) is 0 Å². The summed E-state index contributed by atoms with van der Waals surface area (Å²) in [5.74, 6) is 0.137. The van der Waals surface area contributed by atoms with Crippen LogP contribution in [0.5, 0.6) is 0 Å². The number of aliphatic hydroxyl groups excluding tert-OH is 1. The van der Waals surface area contributed by atoms with Gasteiger partial charge in [-0.05, 0) is 33.1 Å². The second-order valence-electron chi connectivity index (χ2n) is 5.50. The van der Waals surface area contributed by atoms with Crippen LogP contribution in [-0.2, 0) is 4.79 Å². The summed E-state index contributed by atoms with van der Waals surface area (Å²) < 4.78 is 0. The zero-order chi connectivity index (χ0) is 12.9. The van der Waals surface area contributed by atoms with Gasteiger partial charge in [0.15, 0.2) is 0 Å². The van der Waals surface area contributed by atoms with E-state index in [0.29, 0.717) is 19.4 Å². The molecule has 0 radical (unpaired) electrons. The number of nitrogens with zero attached hydrogens (tertiary/aromatic N) is 1. The van der Waals surface area contributed by atoms with E-state index in [-0.39, 0.29) is 24.1 Å². The van der Waals surface area contributed by atoms with Crippen LogP contribution >= 0.6 is 0 Å². The Balaban J connectivity index is 2.52. The fourth-order valence-electron chi connectivity index (χ4n) is 2.57. The lowest BCUT2D eigenvalue weighted by Crippen LogP contribution is -2.46. The van der Waals surface area contributed by atoms with Crippen molar-refractivity contribution in [2.75, 3.05) is 13.2 Å². The fourth-order valence-corrected chi connectivity index (χ4v) is 2.57. The van der Waals surface area contributed by atoms with Crippen molar-refractivity contribution in [1.29, 1.82) is 0 Å². The molecule has 1 rings (SSSR count). The second-order valence-corrected chi connectivity index (χ2v) is 5.50. The van der Waals surface area contributed by atoms with Gasteiger partial charge in [0.25, 0.3) is 0 Å². The first-order valence-electron chi connectivity index (χ1n) is 6.68. The molecule has 0 unspecified atom stereocenters. The summed E-state index contributed by atoms with van der Waals surface area (Å²) in [6.07, 6.45) is 5.30. The highest BCUT2D eigenvalue weighted by Crippen LogP contribution is 2.30. The monoisotopic (exact) mass is 242 g/mol. The van der Waals surface area contributed by atoms with E-state index in [4.69, 9.17) is 10.8 Å². The summed E-state index contributed by atoms with van der Waals surface area (Å²) in [5, 5.41) is 8.85. The van der Waals surface area contributed by atoms with Gasteiger partial charge in [-0.25, -0.2) is 0 Å². The molecule has 1 amide bonds. The van der Waals surface area contributed by atoms with Gasteiger partial charge in [-0.15, -0.1) is 0 Å². The van der Waals surface area contributed by atoms with E-state index in [1.807, 2.05) is 18.7 Å². The van der Waals surface area contributed by atoms with Crippen molar-refractivity contribution in [3.05, 3.63) is 0 Å². The fraction of sp³-hybridized carbons (Fsp3) is 0.923. The molecule has 100 valence electrons. The van der Waals surface area contributed by atoms with Gasteiger partial charge in [0.1, 0.15) is 0 Å². The topological polar surface area (TPSA) is 66.6 Å². The highest BCUT2D eigenvalue weighted by molar-refractivity contribution is 5.77. The molecule has 0 bridgehead atoms. The van der Waals surface area contributed by atoms with Crippen LogP contribution in [-0.4, -0.2) is 40.6 Å². The number of hydrogen-bond acceptors (Lipinski definition) is 3. The zero-order valence-electron chi connectivity index (χ0n) is 11.1. The highest BCUT2D eigenvalue weighted by Gasteiger charge is 2.33. The molecule has 4 heteroatoms. The lowest BCUT2D eigenvalue weighted by atomic mass is 9.94. The minimum absolute atomic E-state index is 0.129. The first-order chi connectivity index (χ1) is 7.98. The summed E-state index contributed by atoms with van der Waals surface area (Å²) in [7, 11) is 0. The highest BCUT2D eigenvalue weighted by atomic mass is 16.3. The van der Waals surface area contributed by atoms with Crippen molar-refractivity contribution < 1.29 is 9.90 Å². The lowest BCUT2D eigenvalue weighted by Gasteiger charge is -2.31. The predicted octanol–water partition coefficient (Wildman–Crippen LogP) is 1.27. The smallest absolute Gasteiger partial charge is 0.224 e. The van der Waals surface area contributed by atoms with Crippen molar-refractivity contribution in [3.8, 4) is 0 Å². The normalized spacial score (nSPS) is 18.6. The van der Waals surface area contributed by atoms with E-state index in [0.717, 1.165) is 25.7 Å². The molecule has 1 aliphatic rings. The zero-order valence-corrected chi connectivity index (χ0v) is 11.1. The first-order valence-corrected chi connectivity index (χ1v) is 6.68. The van der Waals surface area contributed by atoms with E-state index in [1.165, 1.54) is 0 Å². The number of carbonyl (C=O) groups excluding carboxylic acids is 1. The average Bonchev–Trinajstić information content (AvgIpc) is 2.64. The number of rotatable bonds is 6. The van der Waals surface area contributed by atoms with Crippen LogP contribution in [0.4, 0.5) is 0 Å². The summed E-state index contributed by atoms with van der Waals surface area (Å²) >= 11 is 0. The molecule has 0 aromatic carbocycles. The van der Waals surface area contributed by atoms with E-state index in [9.17, 15) is 4.79 Å². The quantitative estimate of drug-likeness (QED) is 0.737. The van der Waals surface area contributed by atoms with Gasteiger partial charge < -0.3 is 15.7 Å². The van der Waals surface area contributed by atoms with Crippen LogP contribution < -0.4 is 5.73 Å². The maximum Gasteiger partial charge on any atom is 0.224 e. The molecule has 0 aromatic heterocycles. The Morgan fingerprint density at radius 3 is 2.47 bits per heavy atom. The molecule has 1 fully saturated rings. The van der Waals surface area contributed by atoms with E-state index in [1.54, 1.807) is 0 Å². The van der Waals surface area contributed by atoms with Crippen molar-refractivity contribution >= 4 is 5.91 Å². The Labute approximate surface area is 104 Å². The maximum atomic E-state index is 12.2. The van der Waals surface area contributed by atoms with E-state index >= 15 is 0 Å². The third-order valence-corrected chi connectivity index (χ3v) is 3.60. The number of carbonyl (C=O) groups is 1. The molecule has 1 aliphatic carbocycles. The molecular formula is C13H26N2O2. The standard InChI is InChI=1S/C13H26N2O2/c1-11(2)15(8-5-9-16)12(17)10-13(14)6-3-4-7-13/h11,16H,3-10,14H2,1-2H3. The minimum atomic E-state index is -0.274. The maximum absolute atomic E-state index is 12.2. The van der Waals surface area contributed by atoms with Crippen molar-refractivity contribution in [1.82, 2.24) is 4.90 Å². The summed E-state index contributed by atoms with van der Waals surface area (Å²) in [6, 6.07) is 0.180. The first kappa shape index (κ1) is 14.5. The molecule has 1 saturated carbocycles. The Kier molecular flexibility index (Phi) is 5.40. The Morgan fingerprint density at radius 1 is 1.41 bits per heavy atom. The molecule has 0 spiro atoms. The number of hydrogen-bond donors (Lipinski definition) is 2. The Hall–Kier alpha value is -0.610. The van der Waals surface area contributed by atoms with Crippen molar-refractivity contribution in [2.45, 2.75) is 64.0 Å². The van der Waals surface area contributed by atoms with Gasteiger partial charge in [0, 0.05) is 31.2 Å². The van der Waals surface area contributed by atoms with Gasteiger partial charge in [-0.1, -0.05) is 12.8 Å². The van der Waals surface area contributed by atoms with Gasteiger partial charge in [-0.2, -0.15) is 0 Å². The largest absolute Gasteiger partial charge is 0.396 e. The Bertz CT molecular complexity index is 248. The molecule has 0 aromatic rings. The van der Waals surface area contributed by atoms with Crippen LogP contribution in [0.25, 0.3) is 0 Å². The van der Waals surface area contributed by atoms with Crippen LogP contribution in [0.15, 0.2) is 0 Å². The van der Waals surface area contributed by atoms with Gasteiger partial charge in [-0.3, -0.25) is 4.79 Å². The Morgan fingerprint density at radius 2 is 2.00 bits per heavy atom. The molecule has 0 aliphatic heterocycles. The number of nitrogens with two attached hydrogens (primary N) is 1. The van der Waals surface area contributed by atoms with Crippen LogP contribution in [0.3, 0.4) is 0 Å². The van der Waals surface area contributed by atoms with Gasteiger partial charge in [0.2, 0.25) is 5.91 Å². The summed E-state index contributed by atoms with van der Waals surface area (Å²) in [5.41, 5.74) is 5.96. The number of amides is 1. The van der Waals surface area contributed by atoms with E-state index in [2.05, 4.69) is 0 Å². The molecule has 0 heterocycles. The minimum Gasteiger partial charge on any atom is -0.396 e. The molecule has 4 nitrogen and oxygen atoms in total. The SMILES string of the molecule is CC(C)N(CCCO)C(=O)CC1(N)CCCC1.